The van der Waals surface area contributed by atoms with Crippen LogP contribution in [-0.4, -0.2) is 56.5 Å². The molecule has 2 atom stereocenters. The summed E-state index contributed by atoms with van der Waals surface area (Å²) in [6.07, 6.45) is 2.65. The van der Waals surface area contributed by atoms with Crippen LogP contribution >= 0.6 is 22.7 Å². The van der Waals surface area contributed by atoms with E-state index < -0.39 is 35.5 Å². The molecular weight excluding hydrogens is 464 g/mol. The fourth-order valence-electron chi connectivity index (χ4n) is 4.34. The van der Waals surface area contributed by atoms with Crippen molar-refractivity contribution in [2.24, 2.45) is 0 Å². The largest absolute Gasteiger partial charge is 0.421 e. The Balaban J connectivity index is 1.33. The van der Waals surface area contributed by atoms with Crippen LogP contribution in [0.2, 0.25) is 0 Å². The summed E-state index contributed by atoms with van der Waals surface area (Å²) in [5.41, 5.74) is 0. The topological polar surface area (TPSA) is 114 Å². The van der Waals surface area contributed by atoms with Crippen LogP contribution in [0.1, 0.15) is 68.9 Å². The van der Waals surface area contributed by atoms with Gasteiger partial charge in [0.15, 0.2) is 0 Å². The number of carbonyl (C=O) groups excluding carboxylic acids is 4. The van der Waals surface area contributed by atoms with Crippen molar-refractivity contribution in [3.63, 3.8) is 0 Å². The monoisotopic (exact) mass is 484 g/mol. The molecule has 0 radical (unpaired) electrons. The quantitative estimate of drug-likeness (QED) is 0.390. The van der Waals surface area contributed by atoms with Gasteiger partial charge in [-0.05, 0) is 48.6 Å². The van der Waals surface area contributed by atoms with Crippen LogP contribution < -0.4 is 0 Å². The van der Waals surface area contributed by atoms with Crippen LogP contribution in [0, 0.1) is 0 Å². The van der Waals surface area contributed by atoms with Gasteiger partial charge in [-0.2, -0.15) is 0 Å². The molecule has 0 aromatic carbocycles. The molecule has 33 heavy (non-hydrogen) atoms. The maximum Gasteiger partial charge on any atom is 0.296 e. The summed E-state index contributed by atoms with van der Waals surface area (Å²) >= 11 is 2.46. The molecule has 2 fully saturated rings. The summed E-state index contributed by atoms with van der Waals surface area (Å²) < 4.78 is 5.93. The minimum Gasteiger partial charge on any atom is -0.421 e. The van der Waals surface area contributed by atoms with Gasteiger partial charge in [0.05, 0.1) is 9.75 Å². The number of Topliss-reactive ketones (excluding diaryl/α,β-unsaturated/α-hetero) is 2. The van der Waals surface area contributed by atoms with Crippen LogP contribution in [0.4, 0.5) is 0 Å². The van der Waals surface area contributed by atoms with Crippen molar-refractivity contribution in [1.82, 2.24) is 20.0 Å². The van der Waals surface area contributed by atoms with Crippen LogP contribution in [0.15, 0.2) is 39.4 Å². The van der Waals surface area contributed by atoms with Crippen molar-refractivity contribution >= 4 is 46.1 Å². The Bertz CT molecular complexity index is 1100. The first kappa shape index (κ1) is 21.7. The molecule has 5 heterocycles. The molecule has 5 rings (SSSR count). The average molecular weight is 485 g/mol. The van der Waals surface area contributed by atoms with E-state index in [1.165, 1.54) is 32.5 Å². The molecule has 0 N–H and O–H groups in total. The van der Waals surface area contributed by atoms with Gasteiger partial charge >= 0.3 is 0 Å². The van der Waals surface area contributed by atoms with Crippen LogP contribution in [-0.2, 0) is 9.59 Å². The van der Waals surface area contributed by atoms with Crippen LogP contribution in [0.25, 0.3) is 0 Å². The number of rotatable bonds is 6. The summed E-state index contributed by atoms with van der Waals surface area (Å²) in [6, 6.07) is 5.75. The molecule has 2 amide bonds. The molecule has 0 bridgehead atoms. The molecule has 170 valence electrons. The average Bonchev–Trinajstić information content (AvgIpc) is 3.64. The molecule has 0 spiro atoms. The number of likely N-dealkylation sites (tertiary alicyclic amines) is 2. The van der Waals surface area contributed by atoms with Gasteiger partial charge in [0.2, 0.25) is 11.8 Å². The van der Waals surface area contributed by atoms with Gasteiger partial charge in [0, 0.05) is 13.1 Å². The highest BCUT2D eigenvalue weighted by atomic mass is 32.1. The number of carbonyl (C=O) groups is 4. The number of hydrogen-bond acceptors (Lipinski definition) is 9. The Morgan fingerprint density at radius 1 is 0.788 bits per heavy atom. The minimum absolute atomic E-state index is 0.249. The second-order valence-electron chi connectivity index (χ2n) is 7.90. The van der Waals surface area contributed by atoms with Crippen molar-refractivity contribution in [1.29, 1.82) is 0 Å². The first-order valence-corrected chi connectivity index (χ1v) is 12.4. The Morgan fingerprint density at radius 2 is 1.24 bits per heavy atom. The summed E-state index contributed by atoms with van der Waals surface area (Å²) in [4.78, 5) is 54.5. The molecule has 0 aliphatic carbocycles. The fourth-order valence-corrected chi connectivity index (χ4v) is 5.65. The lowest BCUT2D eigenvalue weighted by molar-refractivity contribution is -0.128. The van der Waals surface area contributed by atoms with Crippen LogP contribution in [0.5, 0.6) is 0 Å². The number of aromatic nitrogens is 2. The SMILES string of the molecule is O=C(C(=O)N1CCCC1c1nnc([C@@H]2CCCN2C(=O)C(=O)c2cccs2)o1)c1cccs1. The molecular formula is C22H20N4O5S2. The van der Waals surface area contributed by atoms with E-state index in [1.54, 1.807) is 35.0 Å². The zero-order valence-corrected chi connectivity index (χ0v) is 19.1. The highest BCUT2D eigenvalue weighted by Gasteiger charge is 2.40. The van der Waals surface area contributed by atoms with E-state index in [-0.39, 0.29) is 11.8 Å². The minimum atomic E-state index is -0.584. The molecule has 0 saturated carbocycles. The van der Waals surface area contributed by atoms with E-state index in [1.807, 2.05) is 0 Å². The summed E-state index contributed by atoms with van der Waals surface area (Å²) in [5, 5.41) is 11.8. The summed E-state index contributed by atoms with van der Waals surface area (Å²) in [6.45, 7) is 0.864. The lowest BCUT2D eigenvalue weighted by atomic mass is 10.2. The molecule has 1 unspecified atom stereocenters. The smallest absolute Gasteiger partial charge is 0.296 e. The fraction of sp³-hybridized carbons (Fsp3) is 0.364. The van der Waals surface area contributed by atoms with Crippen molar-refractivity contribution in [2.75, 3.05) is 13.1 Å². The maximum atomic E-state index is 12.8. The Hall–Kier alpha value is -3.18. The van der Waals surface area contributed by atoms with Crippen LogP contribution in [0.3, 0.4) is 0 Å². The molecule has 2 saturated heterocycles. The number of thiophene rings is 2. The molecule has 2 aliphatic heterocycles. The van der Waals surface area contributed by atoms with Crippen molar-refractivity contribution in [2.45, 2.75) is 37.8 Å². The van der Waals surface area contributed by atoms with E-state index in [9.17, 15) is 19.2 Å². The molecule has 2 aliphatic rings. The Morgan fingerprint density at radius 3 is 1.64 bits per heavy atom. The van der Waals surface area contributed by atoms with Gasteiger partial charge in [-0.1, -0.05) is 12.1 Å². The second-order valence-corrected chi connectivity index (χ2v) is 9.80. The van der Waals surface area contributed by atoms with Crippen molar-refractivity contribution in [3.8, 4) is 0 Å². The van der Waals surface area contributed by atoms with E-state index >= 15 is 0 Å². The highest BCUT2D eigenvalue weighted by molar-refractivity contribution is 7.13. The Labute approximate surface area is 197 Å². The van der Waals surface area contributed by atoms with Crippen molar-refractivity contribution in [3.05, 3.63) is 56.6 Å². The second kappa shape index (κ2) is 8.99. The lowest BCUT2D eigenvalue weighted by Crippen LogP contribution is -2.36. The molecule has 9 nitrogen and oxygen atoms in total. The predicted molar refractivity (Wildman–Crippen MR) is 119 cm³/mol. The third kappa shape index (κ3) is 4.02. The standard InChI is InChI=1S/C22H20N4O5S2/c27-17(15-7-3-11-32-15)21(29)25-9-1-5-13(25)19-23-24-20(31-19)14-6-2-10-26(14)22(30)18(28)16-8-4-12-33-16/h3-4,7-8,11-14H,1-2,5-6,9-10H2/t13-,14?/m0/s1. The normalized spacial score (nSPS) is 20.4. The van der Waals surface area contributed by atoms with E-state index in [2.05, 4.69) is 10.2 Å². The van der Waals surface area contributed by atoms with E-state index in [0.717, 1.165) is 12.8 Å². The van der Waals surface area contributed by atoms with Gasteiger partial charge in [-0.25, -0.2) is 0 Å². The number of ketones is 2. The zero-order chi connectivity index (χ0) is 22.9. The third-order valence-electron chi connectivity index (χ3n) is 5.93. The van der Waals surface area contributed by atoms with Gasteiger partial charge in [-0.3, -0.25) is 19.2 Å². The predicted octanol–water partition coefficient (Wildman–Crippen LogP) is 3.29. The summed E-state index contributed by atoms with van der Waals surface area (Å²) in [5.74, 6) is -1.76. The number of amides is 2. The number of hydrogen-bond donors (Lipinski definition) is 0. The van der Waals surface area contributed by atoms with Gasteiger partial charge in [0.25, 0.3) is 23.4 Å². The third-order valence-corrected chi connectivity index (χ3v) is 7.67. The first-order chi connectivity index (χ1) is 16.0. The first-order valence-electron chi connectivity index (χ1n) is 10.7. The highest BCUT2D eigenvalue weighted by Crippen LogP contribution is 2.36. The lowest BCUT2D eigenvalue weighted by Gasteiger charge is -2.22. The van der Waals surface area contributed by atoms with Crippen molar-refractivity contribution < 1.29 is 23.6 Å². The van der Waals surface area contributed by atoms with Gasteiger partial charge in [-0.15, -0.1) is 32.9 Å². The Kier molecular flexibility index (Phi) is 5.90. The number of nitrogens with zero attached hydrogens (tertiary/aromatic N) is 4. The van der Waals surface area contributed by atoms with E-state index in [4.69, 9.17) is 4.42 Å². The maximum absolute atomic E-state index is 12.8. The van der Waals surface area contributed by atoms with Gasteiger partial charge < -0.3 is 14.2 Å². The summed E-state index contributed by atoms with van der Waals surface area (Å²) in [7, 11) is 0. The zero-order valence-electron chi connectivity index (χ0n) is 17.5. The molecule has 3 aromatic rings. The van der Waals surface area contributed by atoms with Gasteiger partial charge in [0.1, 0.15) is 12.1 Å². The van der Waals surface area contributed by atoms with E-state index in [0.29, 0.717) is 35.7 Å². The molecule has 3 aromatic heterocycles. The molecule has 11 heteroatoms.